The first-order chi connectivity index (χ1) is 11.0. The van der Waals surface area contributed by atoms with Crippen molar-refractivity contribution in [1.29, 1.82) is 0 Å². The van der Waals surface area contributed by atoms with Crippen LogP contribution >= 0.6 is 12.2 Å². The number of aryl methyl sites for hydroxylation is 1. The summed E-state index contributed by atoms with van der Waals surface area (Å²) >= 11 is 5.13. The maximum atomic E-state index is 13.9. The van der Waals surface area contributed by atoms with Gasteiger partial charge in [-0.25, -0.2) is 13.7 Å². The van der Waals surface area contributed by atoms with Crippen LogP contribution in [0.4, 0.5) is 14.5 Å². The third-order valence-electron chi connectivity index (χ3n) is 3.46. The number of nitrogens with one attached hydrogen (secondary N) is 1. The predicted octanol–water partition coefficient (Wildman–Crippen LogP) is 3.54. The first kappa shape index (κ1) is 15.3. The predicted molar refractivity (Wildman–Crippen MR) is 88.7 cm³/mol. The van der Waals surface area contributed by atoms with Gasteiger partial charge in [-0.1, -0.05) is 18.2 Å². The van der Waals surface area contributed by atoms with Crippen molar-refractivity contribution in [2.75, 3.05) is 4.90 Å². The van der Waals surface area contributed by atoms with Gasteiger partial charge in [-0.15, -0.1) is 0 Å². The summed E-state index contributed by atoms with van der Waals surface area (Å²) < 4.78 is 27.2. The molecule has 23 heavy (non-hydrogen) atoms. The van der Waals surface area contributed by atoms with E-state index in [0.717, 1.165) is 4.90 Å². The lowest BCUT2D eigenvalue weighted by Crippen LogP contribution is -2.31. The van der Waals surface area contributed by atoms with Crippen LogP contribution in [0.15, 0.2) is 48.2 Å². The molecular formula is C17H12F2N2OS. The number of carbonyl (C=O) groups is 1. The van der Waals surface area contributed by atoms with Gasteiger partial charge in [0.2, 0.25) is 0 Å². The smallest absolute Gasteiger partial charge is 0.281 e. The molecule has 1 aliphatic rings. The van der Waals surface area contributed by atoms with Crippen LogP contribution < -0.4 is 10.2 Å². The van der Waals surface area contributed by atoms with Crippen molar-refractivity contribution in [3.8, 4) is 0 Å². The summed E-state index contributed by atoms with van der Waals surface area (Å²) in [5.41, 5.74) is 1.43. The van der Waals surface area contributed by atoms with E-state index < -0.39 is 11.7 Å². The normalized spacial score (nSPS) is 16.1. The molecule has 6 heteroatoms. The van der Waals surface area contributed by atoms with Crippen LogP contribution in [0.2, 0.25) is 0 Å². The largest absolute Gasteiger partial charge is 0.327 e. The molecule has 0 aromatic heterocycles. The van der Waals surface area contributed by atoms with Crippen molar-refractivity contribution in [1.82, 2.24) is 5.32 Å². The molecule has 1 aliphatic heterocycles. The Hall–Kier alpha value is -2.60. The van der Waals surface area contributed by atoms with E-state index in [2.05, 4.69) is 5.32 Å². The molecule has 0 atom stereocenters. The summed E-state index contributed by atoms with van der Waals surface area (Å²) in [6.45, 7) is 1.64. The van der Waals surface area contributed by atoms with Crippen molar-refractivity contribution >= 4 is 35.0 Å². The van der Waals surface area contributed by atoms with Crippen molar-refractivity contribution in [2.24, 2.45) is 0 Å². The topological polar surface area (TPSA) is 32.3 Å². The van der Waals surface area contributed by atoms with Crippen molar-refractivity contribution in [3.63, 3.8) is 0 Å². The maximum Gasteiger partial charge on any atom is 0.281 e. The average Bonchev–Trinajstić information content (AvgIpc) is 2.78. The quantitative estimate of drug-likeness (QED) is 0.675. The Morgan fingerprint density at radius 3 is 2.57 bits per heavy atom. The molecule has 3 nitrogen and oxygen atoms in total. The second-order valence-corrected chi connectivity index (χ2v) is 5.48. The van der Waals surface area contributed by atoms with Crippen LogP contribution in [0.5, 0.6) is 0 Å². The highest BCUT2D eigenvalue weighted by Crippen LogP contribution is 2.25. The SMILES string of the molecule is Cc1cc(C=C2NC(=S)N(c3ccccc3F)C2=O)ccc1F. The van der Waals surface area contributed by atoms with E-state index in [4.69, 9.17) is 12.2 Å². The number of carbonyl (C=O) groups excluding carboxylic acids is 1. The minimum Gasteiger partial charge on any atom is -0.327 e. The number of anilines is 1. The van der Waals surface area contributed by atoms with E-state index in [1.54, 1.807) is 31.2 Å². The number of para-hydroxylation sites is 1. The first-order valence-electron chi connectivity index (χ1n) is 6.85. The van der Waals surface area contributed by atoms with Crippen LogP contribution in [-0.2, 0) is 4.79 Å². The average molecular weight is 330 g/mol. The maximum absolute atomic E-state index is 13.9. The van der Waals surface area contributed by atoms with E-state index in [1.807, 2.05) is 0 Å². The zero-order valence-corrected chi connectivity index (χ0v) is 13.0. The van der Waals surface area contributed by atoms with Crippen molar-refractivity contribution in [3.05, 3.63) is 70.9 Å². The fraction of sp³-hybridized carbons (Fsp3) is 0.0588. The number of benzene rings is 2. The van der Waals surface area contributed by atoms with Crippen molar-refractivity contribution < 1.29 is 13.6 Å². The Balaban J connectivity index is 1.96. The summed E-state index contributed by atoms with van der Waals surface area (Å²) in [5.74, 6) is -1.31. The Bertz CT molecular complexity index is 848. The van der Waals surface area contributed by atoms with Gasteiger partial charge in [0.1, 0.15) is 17.3 Å². The molecule has 1 N–H and O–H groups in total. The van der Waals surface area contributed by atoms with Gasteiger partial charge in [0.15, 0.2) is 5.11 Å². The fourth-order valence-corrected chi connectivity index (χ4v) is 2.60. The summed E-state index contributed by atoms with van der Waals surface area (Å²) in [4.78, 5) is 13.6. The summed E-state index contributed by atoms with van der Waals surface area (Å²) in [5, 5.41) is 2.87. The number of halogens is 2. The van der Waals surface area contributed by atoms with E-state index in [0.29, 0.717) is 11.1 Å². The van der Waals surface area contributed by atoms with E-state index in [1.165, 1.54) is 24.3 Å². The van der Waals surface area contributed by atoms with E-state index >= 15 is 0 Å². The van der Waals surface area contributed by atoms with Gasteiger partial charge < -0.3 is 5.32 Å². The summed E-state index contributed by atoms with van der Waals surface area (Å²) in [6, 6.07) is 10.4. The molecule has 1 amide bonds. The molecule has 2 aromatic rings. The molecule has 0 aliphatic carbocycles. The van der Waals surface area contributed by atoms with Gasteiger partial charge in [0.05, 0.1) is 5.69 Å². The van der Waals surface area contributed by atoms with Crippen LogP contribution in [0.3, 0.4) is 0 Å². The molecule has 0 spiro atoms. The van der Waals surface area contributed by atoms with E-state index in [-0.39, 0.29) is 22.3 Å². The zero-order valence-electron chi connectivity index (χ0n) is 12.1. The van der Waals surface area contributed by atoms with Gasteiger partial charge in [0, 0.05) is 0 Å². The molecule has 3 rings (SSSR count). The number of rotatable bonds is 2. The zero-order chi connectivity index (χ0) is 16.6. The summed E-state index contributed by atoms with van der Waals surface area (Å²) in [6.07, 6.45) is 1.56. The van der Waals surface area contributed by atoms with Crippen LogP contribution in [-0.4, -0.2) is 11.0 Å². The Labute approximate surface area is 137 Å². The number of hydrogen-bond donors (Lipinski definition) is 1. The molecule has 0 radical (unpaired) electrons. The third kappa shape index (κ3) is 2.85. The van der Waals surface area contributed by atoms with Crippen molar-refractivity contribution in [2.45, 2.75) is 6.92 Å². The molecule has 116 valence electrons. The lowest BCUT2D eigenvalue weighted by atomic mass is 10.1. The van der Waals surface area contributed by atoms with Gasteiger partial charge in [0.25, 0.3) is 5.91 Å². The number of nitrogens with zero attached hydrogens (tertiary/aromatic N) is 1. The molecular weight excluding hydrogens is 318 g/mol. The highest BCUT2D eigenvalue weighted by atomic mass is 32.1. The summed E-state index contributed by atoms with van der Waals surface area (Å²) in [7, 11) is 0. The van der Waals surface area contributed by atoms with Gasteiger partial charge >= 0.3 is 0 Å². The van der Waals surface area contributed by atoms with Crippen LogP contribution in [0, 0.1) is 18.6 Å². The Kier molecular flexibility index (Phi) is 3.92. The molecule has 0 saturated carbocycles. The molecule has 0 bridgehead atoms. The fourth-order valence-electron chi connectivity index (χ4n) is 2.31. The lowest BCUT2D eigenvalue weighted by Gasteiger charge is -2.14. The first-order valence-corrected chi connectivity index (χ1v) is 7.26. The number of hydrogen-bond acceptors (Lipinski definition) is 2. The van der Waals surface area contributed by atoms with E-state index in [9.17, 15) is 13.6 Å². The van der Waals surface area contributed by atoms with Gasteiger partial charge in [-0.3, -0.25) is 4.79 Å². The molecule has 0 unspecified atom stereocenters. The van der Waals surface area contributed by atoms with Gasteiger partial charge in [-0.2, -0.15) is 0 Å². The molecule has 1 heterocycles. The van der Waals surface area contributed by atoms with Gasteiger partial charge in [-0.05, 0) is 60.6 Å². The second-order valence-electron chi connectivity index (χ2n) is 5.09. The highest BCUT2D eigenvalue weighted by Gasteiger charge is 2.33. The monoisotopic (exact) mass is 330 g/mol. The number of thiocarbonyl (C=S) groups is 1. The third-order valence-corrected chi connectivity index (χ3v) is 3.75. The van der Waals surface area contributed by atoms with Crippen LogP contribution in [0.1, 0.15) is 11.1 Å². The van der Waals surface area contributed by atoms with Crippen LogP contribution in [0.25, 0.3) is 6.08 Å². The minimum absolute atomic E-state index is 0.0914. The number of amides is 1. The standard InChI is InChI=1S/C17H12F2N2OS/c1-10-8-11(6-7-12(10)18)9-14-16(22)21(17(23)20-14)15-5-3-2-4-13(15)19/h2-9H,1H3,(H,20,23). The molecule has 2 aromatic carbocycles. The molecule has 1 saturated heterocycles. The Morgan fingerprint density at radius 1 is 1.13 bits per heavy atom. The molecule has 1 fully saturated rings. The highest BCUT2D eigenvalue weighted by molar-refractivity contribution is 7.80. The Morgan fingerprint density at radius 2 is 1.87 bits per heavy atom. The minimum atomic E-state index is -0.538. The second kappa shape index (κ2) is 5.89. The lowest BCUT2D eigenvalue weighted by molar-refractivity contribution is -0.113.